The molecular formula is C18H35ClN2O2. The highest BCUT2D eigenvalue weighted by atomic mass is 35.5. The van der Waals surface area contributed by atoms with Crippen LogP contribution >= 0.6 is 12.4 Å². The zero-order chi connectivity index (χ0) is 16.1. The standard InChI is InChI=1S/C18H34N2O2.ClH/c1-4-17(22-16-7-5-6-13(2)12-16)18(21)20-10-8-15(9-11-20)14(3)19;/h13-17H,4-12,19H2,1-3H3;1H. The number of nitrogens with two attached hydrogens (primary N) is 1. The van der Waals surface area contributed by atoms with Crippen LogP contribution in [0.25, 0.3) is 0 Å². The smallest absolute Gasteiger partial charge is 0.251 e. The highest BCUT2D eigenvalue weighted by molar-refractivity contribution is 5.85. The van der Waals surface area contributed by atoms with E-state index in [1.54, 1.807) is 0 Å². The lowest BCUT2D eigenvalue weighted by Gasteiger charge is -2.37. The number of carbonyl (C=O) groups excluding carboxylic acids is 1. The van der Waals surface area contributed by atoms with Crippen molar-refractivity contribution in [1.29, 1.82) is 0 Å². The van der Waals surface area contributed by atoms with Gasteiger partial charge in [-0.2, -0.15) is 0 Å². The Kier molecular flexibility index (Phi) is 8.88. The van der Waals surface area contributed by atoms with Gasteiger partial charge in [0.05, 0.1) is 6.10 Å². The first-order valence-corrected chi connectivity index (χ1v) is 9.21. The van der Waals surface area contributed by atoms with Crippen LogP contribution < -0.4 is 5.73 Å². The third kappa shape index (κ3) is 5.91. The van der Waals surface area contributed by atoms with Gasteiger partial charge in [-0.05, 0) is 50.9 Å². The molecule has 5 heteroatoms. The third-order valence-corrected chi connectivity index (χ3v) is 5.49. The summed E-state index contributed by atoms with van der Waals surface area (Å²) in [6.07, 6.45) is 7.61. The second-order valence-corrected chi connectivity index (χ2v) is 7.45. The first kappa shape index (κ1) is 20.7. The van der Waals surface area contributed by atoms with E-state index in [1.165, 1.54) is 12.8 Å². The molecule has 4 unspecified atom stereocenters. The summed E-state index contributed by atoms with van der Waals surface area (Å²) in [5.74, 6) is 1.49. The highest BCUT2D eigenvalue weighted by Gasteiger charge is 2.31. The van der Waals surface area contributed by atoms with Crippen LogP contribution in [0.2, 0.25) is 0 Å². The zero-order valence-electron chi connectivity index (χ0n) is 15.0. The molecular weight excluding hydrogens is 312 g/mol. The predicted octanol–water partition coefficient (Wildman–Crippen LogP) is 3.37. The molecule has 1 aliphatic carbocycles. The van der Waals surface area contributed by atoms with Crippen molar-refractivity contribution >= 4 is 18.3 Å². The van der Waals surface area contributed by atoms with Crippen molar-refractivity contribution in [1.82, 2.24) is 4.90 Å². The quantitative estimate of drug-likeness (QED) is 0.830. The van der Waals surface area contributed by atoms with Gasteiger partial charge in [-0.15, -0.1) is 12.4 Å². The lowest BCUT2D eigenvalue weighted by molar-refractivity contribution is -0.151. The second-order valence-electron chi connectivity index (χ2n) is 7.45. The Morgan fingerprint density at radius 3 is 2.43 bits per heavy atom. The lowest BCUT2D eigenvalue weighted by Crippen LogP contribution is -2.47. The number of rotatable bonds is 5. The predicted molar refractivity (Wildman–Crippen MR) is 96.8 cm³/mol. The van der Waals surface area contributed by atoms with Crippen LogP contribution in [-0.4, -0.2) is 42.1 Å². The zero-order valence-corrected chi connectivity index (χ0v) is 15.8. The number of piperidine rings is 1. The topological polar surface area (TPSA) is 55.6 Å². The molecule has 2 N–H and O–H groups in total. The van der Waals surface area contributed by atoms with E-state index in [0.717, 1.165) is 51.1 Å². The molecule has 2 fully saturated rings. The fraction of sp³-hybridized carbons (Fsp3) is 0.944. The van der Waals surface area contributed by atoms with Gasteiger partial charge in [0, 0.05) is 19.1 Å². The Morgan fingerprint density at radius 1 is 1.26 bits per heavy atom. The van der Waals surface area contributed by atoms with Gasteiger partial charge in [0.25, 0.3) is 5.91 Å². The molecule has 0 spiro atoms. The lowest BCUT2D eigenvalue weighted by atomic mass is 9.88. The van der Waals surface area contributed by atoms with Crippen molar-refractivity contribution in [3.05, 3.63) is 0 Å². The van der Waals surface area contributed by atoms with Crippen molar-refractivity contribution < 1.29 is 9.53 Å². The van der Waals surface area contributed by atoms with Crippen LogP contribution in [0.1, 0.15) is 65.7 Å². The fourth-order valence-electron chi connectivity index (χ4n) is 3.91. The molecule has 1 saturated heterocycles. The molecule has 4 nitrogen and oxygen atoms in total. The van der Waals surface area contributed by atoms with Gasteiger partial charge in [0.15, 0.2) is 0 Å². The highest BCUT2D eigenvalue weighted by Crippen LogP contribution is 2.28. The summed E-state index contributed by atoms with van der Waals surface area (Å²) in [6, 6.07) is 0.235. The van der Waals surface area contributed by atoms with E-state index in [0.29, 0.717) is 5.92 Å². The van der Waals surface area contributed by atoms with Crippen LogP contribution in [0.4, 0.5) is 0 Å². The van der Waals surface area contributed by atoms with Crippen LogP contribution in [0.3, 0.4) is 0 Å². The average Bonchev–Trinajstić information content (AvgIpc) is 2.52. The van der Waals surface area contributed by atoms with Gasteiger partial charge >= 0.3 is 0 Å². The SMILES string of the molecule is CCC(OC1CCCC(C)C1)C(=O)N1CCC(C(C)N)CC1.Cl. The maximum atomic E-state index is 12.7. The third-order valence-electron chi connectivity index (χ3n) is 5.49. The summed E-state index contributed by atoms with van der Waals surface area (Å²) >= 11 is 0. The van der Waals surface area contributed by atoms with Crippen molar-refractivity contribution in [2.24, 2.45) is 17.6 Å². The molecule has 0 bridgehead atoms. The Morgan fingerprint density at radius 2 is 1.91 bits per heavy atom. The van der Waals surface area contributed by atoms with E-state index < -0.39 is 0 Å². The molecule has 0 aromatic rings. The number of amides is 1. The molecule has 1 aliphatic heterocycles. The van der Waals surface area contributed by atoms with Crippen molar-refractivity contribution in [2.45, 2.75) is 84.0 Å². The fourth-order valence-corrected chi connectivity index (χ4v) is 3.91. The number of hydrogen-bond acceptors (Lipinski definition) is 3. The number of carbonyl (C=O) groups is 1. The summed E-state index contributed by atoms with van der Waals surface area (Å²) in [5.41, 5.74) is 5.98. The maximum Gasteiger partial charge on any atom is 0.251 e. The van der Waals surface area contributed by atoms with E-state index in [2.05, 4.69) is 20.8 Å². The first-order valence-electron chi connectivity index (χ1n) is 9.21. The van der Waals surface area contributed by atoms with E-state index >= 15 is 0 Å². The number of halogens is 1. The van der Waals surface area contributed by atoms with Crippen LogP contribution in [0.5, 0.6) is 0 Å². The Balaban J connectivity index is 0.00000264. The monoisotopic (exact) mass is 346 g/mol. The first-order chi connectivity index (χ1) is 10.5. The van der Waals surface area contributed by atoms with E-state index in [-0.39, 0.29) is 36.6 Å². The van der Waals surface area contributed by atoms with Crippen LogP contribution in [-0.2, 0) is 9.53 Å². The normalized spacial score (nSPS) is 28.8. The van der Waals surface area contributed by atoms with Gasteiger partial charge in [-0.25, -0.2) is 0 Å². The van der Waals surface area contributed by atoms with Gasteiger partial charge in [-0.3, -0.25) is 4.79 Å². The van der Waals surface area contributed by atoms with Gasteiger partial charge < -0.3 is 15.4 Å². The number of nitrogens with zero attached hydrogens (tertiary/aromatic N) is 1. The summed E-state index contributed by atoms with van der Waals surface area (Å²) < 4.78 is 6.18. The summed E-state index contributed by atoms with van der Waals surface area (Å²) in [7, 11) is 0. The molecule has 0 aromatic carbocycles. The van der Waals surface area contributed by atoms with Crippen LogP contribution in [0, 0.1) is 11.8 Å². The summed E-state index contributed by atoms with van der Waals surface area (Å²) in [6.45, 7) is 8.10. The Bertz CT molecular complexity index is 357. The molecule has 1 heterocycles. The summed E-state index contributed by atoms with van der Waals surface area (Å²) in [5, 5.41) is 0. The van der Waals surface area contributed by atoms with E-state index in [4.69, 9.17) is 10.5 Å². The average molecular weight is 347 g/mol. The minimum atomic E-state index is -0.248. The molecule has 1 saturated carbocycles. The molecule has 2 aliphatic rings. The molecule has 23 heavy (non-hydrogen) atoms. The van der Waals surface area contributed by atoms with Gasteiger partial charge in [0.1, 0.15) is 6.10 Å². The number of hydrogen-bond donors (Lipinski definition) is 1. The number of ether oxygens (including phenoxy) is 1. The second kappa shape index (κ2) is 9.85. The minimum Gasteiger partial charge on any atom is -0.365 e. The number of likely N-dealkylation sites (tertiary alicyclic amines) is 1. The van der Waals surface area contributed by atoms with Crippen LogP contribution in [0.15, 0.2) is 0 Å². The van der Waals surface area contributed by atoms with Crippen molar-refractivity contribution in [2.75, 3.05) is 13.1 Å². The van der Waals surface area contributed by atoms with Gasteiger partial charge in [-0.1, -0.05) is 26.7 Å². The molecule has 0 aromatic heterocycles. The largest absolute Gasteiger partial charge is 0.365 e. The molecule has 1 amide bonds. The molecule has 0 radical (unpaired) electrons. The molecule has 2 rings (SSSR count). The minimum absolute atomic E-state index is 0. The Labute approximate surface area is 147 Å². The van der Waals surface area contributed by atoms with Gasteiger partial charge in [0.2, 0.25) is 0 Å². The molecule has 4 atom stereocenters. The van der Waals surface area contributed by atoms with Crippen molar-refractivity contribution in [3.63, 3.8) is 0 Å². The Hall–Kier alpha value is -0.320. The molecule has 136 valence electrons. The summed E-state index contributed by atoms with van der Waals surface area (Å²) in [4.78, 5) is 14.7. The van der Waals surface area contributed by atoms with Crippen molar-refractivity contribution in [3.8, 4) is 0 Å². The van der Waals surface area contributed by atoms with E-state index in [1.807, 2.05) is 4.90 Å². The maximum absolute atomic E-state index is 12.7. The van der Waals surface area contributed by atoms with E-state index in [9.17, 15) is 4.79 Å².